The minimum Gasteiger partial charge on any atom is -0.395 e. The first kappa shape index (κ1) is 25.6. The zero-order valence-electron chi connectivity index (χ0n) is 19.8. The SMILES string of the molecule is C[C@H](c1ccc(Cl)cc1Cl)n1cc(C(F)(F)F)c2cnc(N3CC([C@H]4CCCN(CCO)C4)C3)nc21. The van der Waals surface area contributed by atoms with Gasteiger partial charge in [-0.2, -0.15) is 18.2 Å². The number of β-amino-alcohol motifs (C(OH)–C–C–N with tert-alkyl or cyclic N) is 1. The summed E-state index contributed by atoms with van der Waals surface area (Å²) in [6, 6.07) is 4.48. The lowest BCUT2D eigenvalue weighted by Gasteiger charge is -2.46. The fourth-order valence-corrected chi connectivity index (χ4v) is 6.05. The Hall–Kier alpha value is -2.07. The summed E-state index contributed by atoms with van der Waals surface area (Å²) in [5.74, 6) is 1.46. The van der Waals surface area contributed by atoms with Crippen LogP contribution in [0.1, 0.15) is 36.9 Å². The van der Waals surface area contributed by atoms with E-state index in [0.29, 0.717) is 39.9 Å². The van der Waals surface area contributed by atoms with Crippen LogP contribution in [-0.4, -0.2) is 63.9 Å². The number of aliphatic hydroxyl groups is 1. The van der Waals surface area contributed by atoms with E-state index in [9.17, 15) is 18.3 Å². The predicted octanol–water partition coefficient (Wildman–Crippen LogP) is 5.51. The molecule has 0 bridgehead atoms. The number of hydrogen-bond acceptors (Lipinski definition) is 5. The molecule has 194 valence electrons. The molecular formula is C25H28Cl2F3N5O. The van der Waals surface area contributed by atoms with E-state index >= 15 is 0 Å². The van der Waals surface area contributed by atoms with Gasteiger partial charge in [-0.3, -0.25) is 0 Å². The van der Waals surface area contributed by atoms with Gasteiger partial charge in [0.2, 0.25) is 5.95 Å². The fraction of sp³-hybridized carbons (Fsp3) is 0.520. The maximum atomic E-state index is 13.9. The lowest BCUT2D eigenvalue weighted by Crippen LogP contribution is -2.54. The van der Waals surface area contributed by atoms with Gasteiger partial charge in [0.05, 0.1) is 18.2 Å². The van der Waals surface area contributed by atoms with Crippen LogP contribution in [0.15, 0.2) is 30.6 Å². The van der Waals surface area contributed by atoms with Gasteiger partial charge in [-0.25, -0.2) is 4.98 Å². The molecule has 2 aliphatic heterocycles. The average molecular weight is 542 g/mol. The Morgan fingerprint density at radius 1 is 1.17 bits per heavy atom. The Bertz CT molecular complexity index is 1240. The van der Waals surface area contributed by atoms with Gasteiger partial charge in [0.15, 0.2) is 0 Å². The largest absolute Gasteiger partial charge is 0.418 e. The number of likely N-dealkylation sites (tertiary alicyclic amines) is 1. The number of aliphatic hydroxyl groups excluding tert-OH is 1. The van der Waals surface area contributed by atoms with Crippen molar-refractivity contribution in [3.63, 3.8) is 0 Å². The molecule has 3 aromatic rings. The van der Waals surface area contributed by atoms with Crippen LogP contribution in [-0.2, 0) is 6.18 Å². The average Bonchev–Trinajstić information content (AvgIpc) is 3.18. The monoisotopic (exact) mass is 541 g/mol. The van der Waals surface area contributed by atoms with Gasteiger partial charge in [-0.15, -0.1) is 0 Å². The molecule has 1 N–H and O–H groups in total. The lowest BCUT2D eigenvalue weighted by atomic mass is 9.81. The molecule has 2 fully saturated rings. The van der Waals surface area contributed by atoms with E-state index in [1.165, 1.54) is 10.8 Å². The molecule has 1 aromatic carbocycles. The van der Waals surface area contributed by atoms with Crippen molar-refractivity contribution < 1.29 is 18.3 Å². The van der Waals surface area contributed by atoms with E-state index in [1.54, 1.807) is 25.1 Å². The molecule has 36 heavy (non-hydrogen) atoms. The van der Waals surface area contributed by atoms with Crippen molar-refractivity contribution >= 4 is 40.2 Å². The first-order valence-corrected chi connectivity index (χ1v) is 12.9. The summed E-state index contributed by atoms with van der Waals surface area (Å²) in [6.07, 6.45) is 0.0979. The topological polar surface area (TPSA) is 57.4 Å². The van der Waals surface area contributed by atoms with Crippen LogP contribution in [0.5, 0.6) is 0 Å². The molecular weight excluding hydrogens is 514 g/mol. The van der Waals surface area contributed by atoms with Crippen LogP contribution in [0.2, 0.25) is 10.0 Å². The summed E-state index contributed by atoms with van der Waals surface area (Å²) in [4.78, 5) is 13.3. The first-order valence-electron chi connectivity index (χ1n) is 12.1. The van der Waals surface area contributed by atoms with E-state index < -0.39 is 17.8 Å². The van der Waals surface area contributed by atoms with Gasteiger partial charge in [-0.05, 0) is 55.8 Å². The number of nitrogens with zero attached hydrogens (tertiary/aromatic N) is 5. The quantitative estimate of drug-likeness (QED) is 0.446. The number of anilines is 1. The zero-order chi connectivity index (χ0) is 25.6. The van der Waals surface area contributed by atoms with Crippen LogP contribution in [0.4, 0.5) is 19.1 Å². The number of rotatable bonds is 6. The summed E-state index contributed by atoms with van der Waals surface area (Å²) >= 11 is 12.4. The summed E-state index contributed by atoms with van der Waals surface area (Å²) in [5.41, 5.74) is 0.107. The molecule has 4 heterocycles. The number of aromatic nitrogens is 3. The van der Waals surface area contributed by atoms with Crippen molar-refractivity contribution in [2.75, 3.05) is 44.2 Å². The second-order valence-electron chi connectivity index (χ2n) is 9.79. The van der Waals surface area contributed by atoms with Crippen molar-refractivity contribution in [1.82, 2.24) is 19.4 Å². The van der Waals surface area contributed by atoms with E-state index in [0.717, 1.165) is 45.2 Å². The molecule has 11 heteroatoms. The van der Waals surface area contributed by atoms with Crippen molar-refractivity contribution in [3.8, 4) is 0 Å². The van der Waals surface area contributed by atoms with Crippen LogP contribution >= 0.6 is 23.2 Å². The highest BCUT2D eigenvalue weighted by molar-refractivity contribution is 6.35. The minimum atomic E-state index is -4.54. The zero-order valence-corrected chi connectivity index (χ0v) is 21.4. The second-order valence-corrected chi connectivity index (χ2v) is 10.6. The minimum absolute atomic E-state index is 0.0350. The standard InChI is InChI=1S/C25H28Cl2F3N5O/c1-15(19-5-4-18(26)9-22(19)27)35-14-21(25(28,29)30)20-10-31-24(32-23(20)35)34-12-17(13-34)16-3-2-6-33(11-16)7-8-36/h4-5,9-10,14-17,36H,2-3,6-8,11-13H2,1H3/t15-,16+/m1/s1. The second kappa shape index (κ2) is 10.0. The van der Waals surface area contributed by atoms with Crippen LogP contribution in [0, 0.1) is 11.8 Å². The highest BCUT2D eigenvalue weighted by Gasteiger charge is 2.39. The van der Waals surface area contributed by atoms with Gasteiger partial charge in [0.1, 0.15) is 5.65 Å². The Morgan fingerprint density at radius 3 is 2.64 bits per heavy atom. The van der Waals surface area contributed by atoms with Gasteiger partial charge in [0.25, 0.3) is 0 Å². The van der Waals surface area contributed by atoms with Crippen LogP contribution < -0.4 is 4.90 Å². The van der Waals surface area contributed by atoms with E-state index in [4.69, 9.17) is 23.2 Å². The number of alkyl halides is 3. The lowest BCUT2D eigenvalue weighted by molar-refractivity contribution is -0.136. The molecule has 2 saturated heterocycles. The summed E-state index contributed by atoms with van der Waals surface area (Å²) in [6.45, 7) is 6.18. The third-order valence-electron chi connectivity index (χ3n) is 7.51. The Kier molecular flexibility index (Phi) is 7.11. The number of piperidine rings is 1. The first-order chi connectivity index (χ1) is 17.2. The molecule has 0 unspecified atom stereocenters. The molecule has 0 amide bonds. The highest BCUT2D eigenvalue weighted by Crippen LogP contribution is 2.40. The third-order valence-corrected chi connectivity index (χ3v) is 8.07. The number of halogens is 5. The van der Waals surface area contributed by atoms with Gasteiger partial charge in [0, 0.05) is 54.0 Å². The highest BCUT2D eigenvalue weighted by atomic mass is 35.5. The maximum absolute atomic E-state index is 13.9. The van der Waals surface area contributed by atoms with Crippen molar-refractivity contribution in [2.24, 2.45) is 11.8 Å². The molecule has 0 spiro atoms. The number of hydrogen-bond donors (Lipinski definition) is 1. The van der Waals surface area contributed by atoms with Gasteiger partial charge >= 0.3 is 6.18 Å². The van der Waals surface area contributed by atoms with Crippen LogP contribution in [0.3, 0.4) is 0 Å². The fourth-order valence-electron chi connectivity index (χ4n) is 5.48. The molecule has 2 aromatic heterocycles. The molecule has 0 aliphatic carbocycles. The van der Waals surface area contributed by atoms with E-state index in [1.807, 2.05) is 4.90 Å². The predicted molar refractivity (Wildman–Crippen MR) is 135 cm³/mol. The van der Waals surface area contributed by atoms with E-state index in [2.05, 4.69) is 14.9 Å². The molecule has 2 atom stereocenters. The molecule has 0 saturated carbocycles. The molecule has 2 aliphatic rings. The van der Waals surface area contributed by atoms with Gasteiger partial charge in [-0.1, -0.05) is 29.3 Å². The smallest absolute Gasteiger partial charge is 0.395 e. The van der Waals surface area contributed by atoms with Crippen molar-refractivity contribution in [3.05, 3.63) is 51.8 Å². The van der Waals surface area contributed by atoms with Gasteiger partial charge < -0.3 is 19.5 Å². The molecule has 6 nitrogen and oxygen atoms in total. The summed E-state index contributed by atoms with van der Waals surface area (Å²) in [7, 11) is 0. The molecule has 0 radical (unpaired) electrons. The maximum Gasteiger partial charge on any atom is 0.418 e. The number of benzene rings is 1. The Balaban J connectivity index is 1.42. The summed E-state index contributed by atoms with van der Waals surface area (Å²) < 4.78 is 43.1. The number of fused-ring (bicyclic) bond motifs is 1. The Labute approximate surface area is 217 Å². The van der Waals surface area contributed by atoms with Crippen molar-refractivity contribution in [1.29, 1.82) is 0 Å². The third kappa shape index (κ3) is 4.90. The Morgan fingerprint density at radius 2 is 1.94 bits per heavy atom. The normalized spacial score (nSPS) is 20.6. The van der Waals surface area contributed by atoms with E-state index in [-0.39, 0.29) is 17.6 Å². The van der Waals surface area contributed by atoms with Crippen molar-refractivity contribution in [2.45, 2.75) is 32.0 Å². The molecule has 5 rings (SSSR count). The van der Waals surface area contributed by atoms with Crippen LogP contribution in [0.25, 0.3) is 11.0 Å². The summed E-state index contributed by atoms with van der Waals surface area (Å²) in [5, 5.41) is 10.1.